The molecule has 0 spiro atoms. The SMILES string of the molecule is CNC(Cc1cc(C)cc(C)c1)C1CCCCS1(=O)=O. The Balaban J connectivity index is 2.20. The van der Waals surface area contributed by atoms with E-state index in [1.165, 1.54) is 16.7 Å². The Bertz CT molecular complexity index is 546. The topological polar surface area (TPSA) is 46.2 Å². The van der Waals surface area contributed by atoms with Crippen molar-refractivity contribution in [3.63, 3.8) is 0 Å². The van der Waals surface area contributed by atoms with Crippen LogP contribution in [-0.2, 0) is 16.3 Å². The largest absolute Gasteiger partial charge is 0.315 e. The smallest absolute Gasteiger partial charge is 0.154 e. The average Bonchev–Trinajstić information content (AvgIpc) is 2.35. The van der Waals surface area contributed by atoms with Crippen LogP contribution in [0.25, 0.3) is 0 Å². The van der Waals surface area contributed by atoms with E-state index in [1.54, 1.807) is 0 Å². The van der Waals surface area contributed by atoms with Crippen LogP contribution in [0.2, 0.25) is 0 Å². The second kappa shape index (κ2) is 6.27. The Morgan fingerprint density at radius 3 is 2.40 bits per heavy atom. The maximum atomic E-state index is 12.3. The number of sulfone groups is 1. The van der Waals surface area contributed by atoms with Crippen LogP contribution in [0.15, 0.2) is 18.2 Å². The zero-order valence-corrected chi connectivity index (χ0v) is 13.5. The fourth-order valence-electron chi connectivity index (χ4n) is 3.29. The highest BCUT2D eigenvalue weighted by molar-refractivity contribution is 7.92. The molecule has 20 heavy (non-hydrogen) atoms. The van der Waals surface area contributed by atoms with E-state index in [9.17, 15) is 8.42 Å². The predicted molar refractivity (Wildman–Crippen MR) is 83.9 cm³/mol. The summed E-state index contributed by atoms with van der Waals surface area (Å²) >= 11 is 0. The number of hydrogen-bond donors (Lipinski definition) is 1. The number of hydrogen-bond acceptors (Lipinski definition) is 3. The summed E-state index contributed by atoms with van der Waals surface area (Å²) in [7, 11) is -1.07. The molecule has 2 unspecified atom stereocenters. The number of aryl methyl sites for hydroxylation is 2. The number of nitrogens with one attached hydrogen (secondary N) is 1. The molecule has 4 heteroatoms. The van der Waals surface area contributed by atoms with Gasteiger partial charge in [-0.2, -0.15) is 0 Å². The Kier molecular flexibility index (Phi) is 4.86. The molecule has 0 radical (unpaired) electrons. The summed E-state index contributed by atoms with van der Waals surface area (Å²) in [5, 5.41) is 3.00. The molecule has 0 bridgehead atoms. The number of benzene rings is 1. The van der Waals surface area contributed by atoms with E-state index >= 15 is 0 Å². The third-order valence-electron chi connectivity index (χ3n) is 4.19. The summed E-state index contributed by atoms with van der Waals surface area (Å²) in [5.41, 5.74) is 3.70. The van der Waals surface area contributed by atoms with E-state index in [0.29, 0.717) is 5.75 Å². The molecule has 1 aliphatic rings. The molecule has 1 N–H and O–H groups in total. The van der Waals surface area contributed by atoms with Gasteiger partial charge in [-0.05, 0) is 45.7 Å². The van der Waals surface area contributed by atoms with Crippen LogP contribution in [0, 0.1) is 13.8 Å². The summed E-state index contributed by atoms with van der Waals surface area (Å²) in [6.45, 7) is 4.17. The lowest BCUT2D eigenvalue weighted by Gasteiger charge is -2.30. The van der Waals surface area contributed by atoms with Crippen LogP contribution in [-0.4, -0.2) is 32.5 Å². The molecule has 1 heterocycles. The summed E-state index contributed by atoms with van der Waals surface area (Å²) in [6, 6.07) is 6.48. The standard InChI is InChI=1S/C16H25NO2S/c1-12-8-13(2)10-14(9-12)11-15(17-3)16-6-4-5-7-20(16,18)19/h8-10,15-17H,4-7,11H2,1-3H3. The van der Waals surface area contributed by atoms with E-state index in [1.807, 2.05) is 7.05 Å². The van der Waals surface area contributed by atoms with Crippen molar-refractivity contribution < 1.29 is 8.42 Å². The predicted octanol–water partition coefficient (Wildman–Crippen LogP) is 2.40. The highest BCUT2D eigenvalue weighted by atomic mass is 32.2. The van der Waals surface area contributed by atoms with Crippen molar-refractivity contribution >= 4 is 9.84 Å². The van der Waals surface area contributed by atoms with E-state index in [0.717, 1.165) is 25.7 Å². The van der Waals surface area contributed by atoms with Gasteiger partial charge < -0.3 is 5.32 Å². The summed E-state index contributed by atoms with van der Waals surface area (Å²) in [5.74, 6) is 0.350. The first-order valence-electron chi connectivity index (χ1n) is 7.38. The molecule has 1 aromatic carbocycles. The van der Waals surface area contributed by atoms with Crippen LogP contribution in [0.1, 0.15) is 36.0 Å². The van der Waals surface area contributed by atoms with Crippen LogP contribution in [0.5, 0.6) is 0 Å². The average molecular weight is 295 g/mol. The van der Waals surface area contributed by atoms with Crippen molar-refractivity contribution in [2.24, 2.45) is 0 Å². The van der Waals surface area contributed by atoms with Gasteiger partial charge in [0, 0.05) is 6.04 Å². The summed E-state index contributed by atoms with van der Waals surface area (Å²) in [6.07, 6.45) is 3.41. The maximum Gasteiger partial charge on any atom is 0.154 e. The number of rotatable bonds is 4. The normalized spacial score (nSPS) is 23.4. The van der Waals surface area contributed by atoms with Gasteiger partial charge in [0.15, 0.2) is 9.84 Å². The molecule has 0 saturated carbocycles. The van der Waals surface area contributed by atoms with Crippen molar-refractivity contribution in [1.29, 1.82) is 0 Å². The molecule has 1 aromatic rings. The fraction of sp³-hybridized carbons (Fsp3) is 0.625. The second-order valence-corrected chi connectivity index (χ2v) is 8.34. The van der Waals surface area contributed by atoms with E-state index in [2.05, 4.69) is 37.4 Å². The van der Waals surface area contributed by atoms with Gasteiger partial charge in [0.1, 0.15) is 0 Å². The molecule has 0 amide bonds. The summed E-state index contributed by atoms with van der Waals surface area (Å²) in [4.78, 5) is 0. The molecule has 0 aliphatic carbocycles. The van der Waals surface area contributed by atoms with Crippen molar-refractivity contribution in [2.75, 3.05) is 12.8 Å². The van der Waals surface area contributed by atoms with Gasteiger partial charge in [0.05, 0.1) is 11.0 Å². The first-order valence-corrected chi connectivity index (χ1v) is 9.10. The van der Waals surface area contributed by atoms with E-state index in [4.69, 9.17) is 0 Å². The molecule has 0 aromatic heterocycles. The Labute approximate surface area is 122 Å². The first-order chi connectivity index (χ1) is 9.42. The van der Waals surface area contributed by atoms with E-state index < -0.39 is 9.84 Å². The molecule has 3 nitrogen and oxygen atoms in total. The quantitative estimate of drug-likeness (QED) is 0.928. The van der Waals surface area contributed by atoms with Crippen molar-refractivity contribution in [1.82, 2.24) is 5.32 Å². The molecular weight excluding hydrogens is 270 g/mol. The second-order valence-electron chi connectivity index (χ2n) is 6.00. The van der Waals surface area contributed by atoms with Gasteiger partial charge in [0.25, 0.3) is 0 Å². The van der Waals surface area contributed by atoms with Gasteiger partial charge in [-0.3, -0.25) is 0 Å². The minimum absolute atomic E-state index is 0.0153. The van der Waals surface area contributed by atoms with Crippen LogP contribution >= 0.6 is 0 Å². The molecule has 1 fully saturated rings. The fourth-order valence-corrected chi connectivity index (χ4v) is 5.46. The van der Waals surface area contributed by atoms with Crippen LogP contribution < -0.4 is 5.32 Å². The van der Waals surface area contributed by atoms with Gasteiger partial charge in [-0.25, -0.2) is 8.42 Å². The lowest BCUT2D eigenvalue weighted by molar-refractivity contribution is 0.456. The van der Waals surface area contributed by atoms with Gasteiger partial charge in [-0.15, -0.1) is 0 Å². The third-order valence-corrected chi connectivity index (χ3v) is 6.53. The molecular formula is C16H25NO2S. The van der Waals surface area contributed by atoms with E-state index in [-0.39, 0.29) is 11.3 Å². The van der Waals surface area contributed by atoms with Gasteiger partial charge in [-0.1, -0.05) is 35.7 Å². The highest BCUT2D eigenvalue weighted by Gasteiger charge is 2.34. The number of likely N-dealkylation sites (N-methyl/N-ethyl adjacent to an activating group) is 1. The Morgan fingerprint density at radius 2 is 1.85 bits per heavy atom. The van der Waals surface area contributed by atoms with Crippen molar-refractivity contribution in [3.8, 4) is 0 Å². The monoisotopic (exact) mass is 295 g/mol. The molecule has 1 saturated heterocycles. The molecule has 1 aliphatic heterocycles. The minimum atomic E-state index is -2.94. The minimum Gasteiger partial charge on any atom is -0.315 e. The van der Waals surface area contributed by atoms with Gasteiger partial charge in [0.2, 0.25) is 0 Å². The molecule has 112 valence electrons. The zero-order chi connectivity index (χ0) is 14.8. The van der Waals surface area contributed by atoms with Crippen molar-refractivity contribution in [2.45, 2.75) is 50.8 Å². The third kappa shape index (κ3) is 3.61. The molecule has 2 rings (SSSR count). The first kappa shape index (κ1) is 15.5. The lowest BCUT2D eigenvalue weighted by Crippen LogP contribution is -2.46. The lowest BCUT2D eigenvalue weighted by atomic mass is 9.97. The van der Waals surface area contributed by atoms with Crippen molar-refractivity contribution in [3.05, 3.63) is 34.9 Å². The Hall–Kier alpha value is -0.870. The maximum absolute atomic E-state index is 12.3. The highest BCUT2D eigenvalue weighted by Crippen LogP contribution is 2.24. The van der Waals surface area contributed by atoms with Crippen LogP contribution in [0.3, 0.4) is 0 Å². The van der Waals surface area contributed by atoms with Crippen LogP contribution in [0.4, 0.5) is 0 Å². The Morgan fingerprint density at radius 1 is 1.20 bits per heavy atom. The van der Waals surface area contributed by atoms with Gasteiger partial charge >= 0.3 is 0 Å². The summed E-state index contributed by atoms with van der Waals surface area (Å²) < 4.78 is 24.5. The molecule has 2 atom stereocenters. The zero-order valence-electron chi connectivity index (χ0n) is 12.6.